The van der Waals surface area contributed by atoms with Crippen molar-refractivity contribution >= 4 is 37.5 Å². The minimum absolute atomic E-state index is 0.0188. The maximum Gasteiger partial charge on any atom is 0.246 e. The van der Waals surface area contributed by atoms with Crippen LogP contribution in [-0.4, -0.2) is 82.2 Å². The van der Waals surface area contributed by atoms with Gasteiger partial charge in [0.05, 0.1) is 18.2 Å². The first-order valence-corrected chi connectivity index (χ1v) is 18.2. The Bertz CT molecular complexity index is 1240. The summed E-state index contributed by atoms with van der Waals surface area (Å²) in [7, 11) is -8.00. The largest absolute Gasteiger partial charge is 0.342 e. The maximum atomic E-state index is 13.7. The van der Waals surface area contributed by atoms with Crippen molar-refractivity contribution in [1.82, 2.24) is 15.1 Å². The van der Waals surface area contributed by atoms with Gasteiger partial charge in [-0.25, -0.2) is 16.8 Å². The Morgan fingerprint density at radius 1 is 0.950 bits per heavy atom. The molecule has 224 valence electrons. The molecule has 2 heterocycles. The van der Waals surface area contributed by atoms with Crippen LogP contribution in [0.15, 0.2) is 24.3 Å². The van der Waals surface area contributed by atoms with Crippen LogP contribution in [0.2, 0.25) is 0 Å². The minimum Gasteiger partial charge on any atom is -0.342 e. The number of hydrogen-bond donors (Lipinski definition) is 1. The van der Waals surface area contributed by atoms with E-state index in [2.05, 4.69) is 17.1 Å². The molecule has 0 radical (unpaired) electrons. The number of piperidine rings is 1. The minimum atomic E-state index is -4.00. The van der Waals surface area contributed by atoms with Crippen LogP contribution >= 0.6 is 0 Å². The van der Waals surface area contributed by atoms with Crippen molar-refractivity contribution in [3.05, 3.63) is 29.8 Å². The highest BCUT2D eigenvalue weighted by atomic mass is 32.3. The summed E-state index contributed by atoms with van der Waals surface area (Å²) in [5.41, 5.74) is 0.153. The van der Waals surface area contributed by atoms with Crippen LogP contribution in [0.5, 0.6) is 0 Å². The number of rotatable bonds is 10. The van der Waals surface area contributed by atoms with E-state index in [0.717, 1.165) is 50.2 Å². The van der Waals surface area contributed by atoms with E-state index in [1.807, 2.05) is 4.90 Å². The highest BCUT2D eigenvalue weighted by Crippen LogP contribution is 2.36. The number of nitrogens with one attached hydrogen (secondary N) is 1. The number of benzene rings is 1. The van der Waals surface area contributed by atoms with Crippen LogP contribution in [0.25, 0.3) is 0 Å². The van der Waals surface area contributed by atoms with Crippen molar-refractivity contribution in [3.8, 4) is 0 Å². The summed E-state index contributed by atoms with van der Waals surface area (Å²) in [6, 6.07) is 6.02. The van der Waals surface area contributed by atoms with Crippen LogP contribution in [-0.2, 0) is 36.2 Å². The lowest BCUT2D eigenvalue weighted by molar-refractivity contribution is -0.162. The van der Waals surface area contributed by atoms with E-state index in [1.165, 1.54) is 31.4 Å². The van der Waals surface area contributed by atoms with E-state index in [1.54, 1.807) is 12.1 Å². The maximum absolute atomic E-state index is 13.7. The topological polar surface area (TPSA) is 124 Å². The van der Waals surface area contributed by atoms with Gasteiger partial charge in [-0.3, -0.25) is 14.5 Å². The number of carbonyl (C=O) groups is 2. The molecule has 10 nitrogen and oxygen atoms in total. The first kappa shape index (κ1) is 30.8. The average Bonchev–Trinajstić information content (AvgIpc) is 2.88. The predicted octanol–water partition coefficient (Wildman–Crippen LogP) is 2.84. The molecule has 40 heavy (non-hydrogen) atoms. The third kappa shape index (κ3) is 6.82. The van der Waals surface area contributed by atoms with Gasteiger partial charge < -0.3 is 10.2 Å². The number of sulfonamides is 2. The third-order valence-electron chi connectivity index (χ3n) is 8.68. The van der Waals surface area contributed by atoms with Gasteiger partial charge >= 0.3 is 0 Å². The highest BCUT2D eigenvalue weighted by molar-refractivity contribution is 8.09. The molecule has 1 spiro atoms. The quantitative estimate of drug-likeness (QED) is 0.441. The normalized spacial score (nSPS) is 22.9. The highest BCUT2D eigenvalue weighted by Gasteiger charge is 2.53. The molecule has 1 unspecified atom stereocenters. The Balaban J connectivity index is 1.43. The van der Waals surface area contributed by atoms with E-state index < -0.39 is 31.6 Å². The van der Waals surface area contributed by atoms with Crippen molar-refractivity contribution in [3.63, 3.8) is 0 Å². The van der Waals surface area contributed by atoms with Crippen LogP contribution in [0.1, 0.15) is 76.7 Å². The van der Waals surface area contributed by atoms with E-state index in [-0.39, 0.29) is 17.5 Å². The third-order valence-corrected chi connectivity index (χ3v) is 11.9. The van der Waals surface area contributed by atoms with Crippen molar-refractivity contribution in [2.75, 3.05) is 35.9 Å². The summed E-state index contributed by atoms with van der Waals surface area (Å²) in [4.78, 5) is 31.5. The number of anilines is 1. The molecule has 2 amide bonds. The van der Waals surface area contributed by atoms with Gasteiger partial charge in [0.25, 0.3) is 0 Å². The smallest absolute Gasteiger partial charge is 0.246 e. The van der Waals surface area contributed by atoms with Gasteiger partial charge in [-0.15, -0.1) is 0 Å². The number of likely N-dealkylation sites (tertiary alicyclic amines) is 1. The molecule has 1 aromatic carbocycles. The zero-order chi connectivity index (χ0) is 29.1. The lowest BCUT2D eigenvalue weighted by atomic mass is 9.79. The molecule has 2 saturated heterocycles. The summed E-state index contributed by atoms with van der Waals surface area (Å²) < 4.78 is 48.7. The fourth-order valence-corrected chi connectivity index (χ4v) is 9.60. The molecule has 4 rings (SSSR count). The second-order valence-corrected chi connectivity index (χ2v) is 15.7. The predicted molar refractivity (Wildman–Crippen MR) is 156 cm³/mol. The number of nitrogens with zero attached hydrogens (tertiary/aromatic N) is 3. The first-order chi connectivity index (χ1) is 18.8. The second-order valence-electron chi connectivity index (χ2n) is 11.8. The van der Waals surface area contributed by atoms with Crippen LogP contribution in [0.4, 0.5) is 5.69 Å². The zero-order valence-electron chi connectivity index (χ0n) is 24.0. The summed E-state index contributed by atoms with van der Waals surface area (Å²) in [5, 5.41) is 3.13. The van der Waals surface area contributed by atoms with Crippen LogP contribution in [0.3, 0.4) is 0 Å². The summed E-state index contributed by atoms with van der Waals surface area (Å²) in [6.07, 6.45) is 11.3. The Labute approximate surface area is 239 Å². The molecule has 1 aliphatic carbocycles. The summed E-state index contributed by atoms with van der Waals surface area (Å²) >= 11 is 0. The number of amides is 2. The molecule has 3 fully saturated rings. The first-order valence-electron chi connectivity index (χ1n) is 14.5. The molecule has 0 bridgehead atoms. The van der Waals surface area contributed by atoms with Gasteiger partial charge in [-0.2, -0.15) is 3.71 Å². The Kier molecular flexibility index (Phi) is 9.51. The van der Waals surface area contributed by atoms with Crippen LogP contribution < -0.4 is 9.03 Å². The molecule has 1 N–H and O–H groups in total. The standard InChI is InChI=1S/C28H44N4O6S2/c1-4-5-17-31-26(33)25(20-22-9-7-6-8-10-22)29-27(34)28(31)15-18-30(19-16-28)21-23-11-13-24(14-12-23)32(39(2,35)36)40(3,37)38/h11-14,22,25H,4-10,15-21H2,1-3H3,(H,29,34). The monoisotopic (exact) mass is 596 g/mol. The van der Waals surface area contributed by atoms with Crippen molar-refractivity contribution < 1.29 is 26.4 Å². The number of hydrogen-bond acceptors (Lipinski definition) is 7. The van der Waals surface area contributed by atoms with Gasteiger partial charge in [0.1, 0.15) is 11.6 Å². The van der Waals surface area contributed by atoms with Gasteiger partial charge in [-0.05, 0) is 49.3 Å². The summed E-state index contributed by atoms with van der Waals surface area (Å²) in [5.74, 6) is 0.555. The lowest BCUT2D eigenvalue weighted by Crippen LogP contribution is -2.73. The van der Waals surface area contributed by atoms with Gasteiger partial charge in [0.2, 0.25) is 31.9 Å². The number of unbranched alkanes of at least 4 members (excludes halogenated alkanes) is 1. The Morgan fingerprint density at radius 3 is 2.10 bits per heavy atom. The van der Waals surface area contributed by atoms with E-state index in [9.17, 15) is 26.4 Å². The molecular formula is C28H44N4O6S2. The van der Waals surface area contributed by atoms with E-state index in [0.29, 0.717) is 48.6 Å². The molecule has 3 aliphatic rings. The number of piperazine rings is 1. The van der Waals surface area contributed by atoms with Crippen LogP contribution in [0, 0.1) is 5.92 Å². The van der Waals surface area contributed by atoms with Crippen molar-refractivity contribution in [1.29, 1.82) is 0 Å². The van der Waals surface area contributed by atoms with Gasteiger partial charge in [-0.1, -0.05) is 57.6 Å². The van der Waals surface area contributed by atoms with E-state index in [4.69, 9.17) is 0 Å². The van der Waals surface area contributed by atoms with Crippen molar-refractivity contribution in [2.45, 2.75) is 89.3 Å². The fraction of sp³-hybridized carbons (Fsp3) is 0.714. The molecule has 1 aromatic rings. The molecular weight excluding hydrogens is 552 g/mol. The molecule has 1 atom stereocenters. The van der Waals surface area contributed by atoms with Crippen molar-refractivity contribution in [2.24, 2.45) is 5.92 Å². The van der Waals surface area contributed by atoms with Gasteiger partial charge in [0.15, 0.2) is 0 Å². The SMILES string of the molecule is CCCCN1C(=O)C(CC2CCCCC2)NC(=O)C12CCN(Cc1ccc(N(S(C)(=O)=O)S(C)(=O)=O)cc1)CC2. The van der Waals surface area contributed by atoms with E-state index >= 15 is 0 Å². The lowest BCUT2D eigenvalue weighted by Gasteiger charge is -2.52. The second kappa shape index (κ2) is 12.4. The fourth-order valence-electron chi connectivity index (χ4n) is 6.62. The molecule has 12 heteroatoms. The van der Waals surface area contributed by atoms with Gasteiger partial charge in [0, 0.05) is 26.2 Å². The summed E-state index contributed by atoms with van der Waals surface area (Å²) in [6.45, 7) is 4.54. The molecule has 1 saturated carbocycles. The number of carbonyl (C=O) groups excluding carboxylic acids is 2. The average molecular weight is 597 g/mol. The molecule has 0 aromatic heterocycles. The molecule has 2 aliphatic heterocycles. The Hall–Kier alpha value is -2.18. The zero-order valence-corrected chi connectivity index (χ0v) is 25.6. The Morgan fingerprint density at radius 2 is 1.55 bits per heavy atom.